The Morgan fingerprint density at radius 3 is 1.88 bits per heavy atom. The van der Waals surface area contributed by atoms with Crippen LogP contribution >= 0.6 is 0 Å². The van der Waals surface area contributed by atoms with Crippen molar-refractivity contribution in [3.05, 3.63) is 89.3 Å². The van der Waals surface area contributed by atoms with E-state index in [-0.39, 0.29) is 17.2 Å². The van der Waals surface area contributed by atoms with Crippen LogP contribution in [0.2, 0.25) is 0 Å². The van der Waals surface area contributed by atoms with Crippen molar-refractivity contribution in [1.29, 1.82) is 0 Å². The van der Waals surface area contributed by atoms with E-state index in [1.54, 1.807) is 12.1 Å². The van der Waals surface area contributed by atoms with Crippen LogP contribution in [0, 0.1) is 17.5 Å². The maximum Gasteiger partial charge on any atom is 0.409 e. The Labute approximate surface area is 183 Å². The smallest absolute Gasteiger partial charge is 0.206 e. The number of rotatable bonds is 7. The van der Waals surface area contributed by atoms with Gasteiger partial charge in [0.15, 0.2) is 0 Å². The summed E-state index contributed by atoms with van der Waals surface area (Å²) in [5.74, 6) is -2.78. The number of halogens is 6. The van der Waals surface area contributed by atoms with E-state index in [9.17, 15) is 26.3 Å². The Kier molecular flexibility index (Phi) is 7.44. The van der Waals surface area contributed by atoms with Gasteiger partial charge in [0.05, 0.1) is 5.56 Å². The van der Waals surface area contributed by atoms with Gasteiger partial charge in [-0.25, -0.2) is 13.2 Å². The first-order chi connectivity index (χ1) is 15.2. The molecule has 0 bridgehead atoms. The third-order valence-electron chi connectivity index (χ3n) is 5.14. The van der Waals surface area contributed by atoms with E-state index in [1.165, 1.54) is 18.2 Å². The minimum atomic E-state index is -4.59. The molecule has 0 aromatic heterocycles. The second-order valence-electron chi connectivity index (χ2n) is 7.58. The SMILES string of the molecule is CCCCCc1ccc(-c2cc(F)c(-c3ccc(C=CC(F)(F)F)c(F)c3)c(F)c2)cc1. The van der Waals surface area contributed by atoms with Gasteiger partial charge in [0.2, 0.25) is 0 Å². The van der Waals surface area contributed by atoms with E-state index in [2.05, 4.69) is 6.92 Å². The van der Waals surface area contributed by atoms with Gasteiger partial charge in [-0.1, -0.05) is 56.2 Å². The fraction of sp³-hybridized carbons (Fsp3) is 0.231. The van der Waals surface area contributed by atoms with Crippen molar-refractivity contribution in [2.24, 2.45) is 0 Å². The maximum atomic E-state index is 14.8. The average molecular weight is 448 g/mol. The Bertz CT molecular complexity index is 1070. The fourth-order valence-corrected chi connectivity index (χ4v) is 3.46. The van der Waals surface area contributed by atoms with Crippen LogP contribution in [0.3, 0.4) is 0 Å². The van der Waals surface area contributed by atoms with Crippen molar-refractivity contribution in [2.75, 3.05) is 0 Å². The van der Waals surface area contributed by atoms with Gasteiger partial charge in [-0.3, -0.25) is 0 Å². The molecule has 0 nitrogen and oxygen atoms in total. The predicted octanol–water partition coefficient (Wildman–Crippen LogP) is 8.75. The zero-order chi connectivity index (χ0) is 23.3. The molecule has 0 fully saturated rings. The minimum absolute atomic E-state index is 0.0977. The topological polar surface area (TPSA) is 0 Å². The summed E-state index contributed by atoms with van der Waals surface area (Å²) >= 11 is 0. The highest BCUT2D eigenvalue weighted by atomic mass is 19.4. The highest BCUT2D eigenvalue weighted by Crippen LogP contribution is 2.32. The Hall–Kier alpha value is -3.02. The van der Waals surface area contributed by atoms with Gasteiger partial charge < -0.3 is 0 Å². The van der Waals surface area contributed by atoms with Crippen LogP contribution in [0.4, 0.5) is 26.3 Å². The molecule has 0 aliphatic heterocycles. The minimum Gasteiger partial charge on any atom is -0.206 e. The normalized spacial score (nSPS) is 12.0. The molecule has 32 heavy (non-hydrogen) atoms. The van der Waals surface area contributed by atoms with E-state index in [0.717, 1.165) is 43.4 Å². The molecule has 3 aromatic rings. The molecule has 0 radical (unpaired) electrons. The zero-order valence-corrected chi connectivity index (χ0v) is 17.4. The lowest BCUT2D eigenvalue weighted by Crippen LogP contribution is -2.00. The lowest BCUT2D eigenvalue weighted by molar-refractivity contribution is -0.0790. The summed E-state index contributed by atoms with van der Waals surface area (Å²) in [5.41, 5.74) is 1.27. The number of allylic oxidation sites excluding steroid dienone is 1. The first kappa shape index (κ1) is 23.6. The first-order valence-electron chi connectivity index (χ1n) is 10.3. The van der Waals surface area contributed by atoms with Crippen molar-refractivity contribution in [2.45, 2.75) is 38.8 Å². The van der Waals surface area contributed by atoms with E-state index in [4.69, 9.17) is 0 Å². The number of hydrogen-bond acceptors (Lipinski definition) is 0. The van der Waals surface area contributed by atoms with Crippen molar-refractivity contribution < 1.29 is 26.3 Å². The third-order valence-corrected chi connectivity index (χ3v) is 5.14. The standard InChI is InChI=1S/C26H22F6/c1-2-3-4-5-17-6-8-18(9-7-17)21-15-23(28)25(24(29)16-21)20-11-10-19(22(27)14-20)12-13-26(30,31)32/h6-16H,2-5H2,1H3. The molecule has 0 amide bonds. The number of alkyl halides is 3. The molecule has 3 rings (SSSR count). The van der Waals surface area contributed by atoms with Crippen LogP contribution in [-0.4, -0.2) is 6.18 Å². The lowest BCUT2D eigenvalue weighted by atomic mass is 9.97. The largest absolute Gasteiger partial charge is 0.409 e. The highest BCUT2D eigenvalue weighted by molar-refractivity contribution is 5.72. The quantitative estimate of drug-likeness (QED) is 0.250. The maximum absolute atomic E-state index is 14.8. The molecule has 0 N–H and O–H groups in total. The molecule has 0 aliphatic carbocycles. The monoisotopic (exact) mass is 448 g/mol. The summed E-state index contributed by atoms with van der Waals surface area (Å²) < 4.78 is 80.6. The van der Waals surface area contributed by atoms with Gasteiger partial charge in [-0.2, -0.15) is 13.2 Å². The van der Waals surface area contributed by atoms with Crippen molar-refractivity contribution >= 4 is 6.08 Å². The van der Waals surface area contributed by atoms with Gasteiger partial charge >= 0.3 is 6.18 Å². The molecule has 3 aromatic carbocycles. The molecular formula is C26H22F6. The van der Waals surface area contributed by atoms with Gasteiger partial charge in [0, 0.05) is 11.6 Å². The summed E-state index contributed by atoms with van der Waals surface area (Å²) in [7, 11) is 0. The summed E-state index contributed by atoms with van der Waals surface area (Å²) in [5, 5.41) is 0. The molecule has 0 heterocycles. The van der Waals surface area contributed by atoms with E-state index < -0.39 is 29.2 Å². The summed E-state index contributed by atoms with van der Waals surface area (Å²) in [6.45, 7) is 2.13. The molecular weight excluding hydrogens is 426 g/mol. The molecule has 0 aliphatic rings. The Morgan fingerprint density at radius 2 is 1.31 bits per heavy atom. The molecule has 168 valence electrons. The summed E-state index contributed by atoms with van der Waals surface area (Å²) in [6.07, 6.45) is 0.161. The molecule has 0 saturated heterocycles. The Morgan fingerprint density at radius 1 is 0.719 bits per heavy atom. The lowest BCUT2D eigenvalue weighted by Gasteiger charge is -2.10. The number of benzene rings is 3. The number of hydrogen-bond donors (Lipinski definition) is 0. The van der Waals surface area contributed by atoms with Gasteiger partial charge in [0.25, 0.3) is 0 Å². The van der Waals surface area contributed by atoms with Crippen LogP contribution in [0.5, 0.6) is 0 Å². The highest BCUT2D eigenvalue weighted by Gasteiger charge is 2.22. The third kappa shape index (κ3) is 6.02. The number of aryl methyl sites for hydroxylation is 1. The van der Waals surface area contributed by atoms with E-state index in [0.29, 0.717) is 17.2 Å². The Balaban J connectivity index is 1.86. The van der Waals surface area contributed by atoms with Crippen molar-refractivity contribution in [3.63, 3.8) is 0 Å². The summed E-state index contributed by atoms with van der Waals surface area (Å²) in [4.78, 5) is 0. The second-order valence-corrected chi connectivity index (χ2v) is 7.58. The van der Waals surface area contributed by atoms with E-state index in [1.807, 2.05) is 12.1 Å². The molecule has 0 atom stereocenters. The van der Waals surface area contributed by atoms with Crippen LogP contribution in [-0.2, 0) is 6.42 Å². The number of unbranched alkanes of at least 4 members (excludes halogenated alkanes) is 2. The first-order valence-corrected chi connectivity index (χ1v) is 10.3. The van der Waals surface area contributed by atoms with Crippen LogP contribution in [0.25, 0.3) is 28.3 Å². The second kappa shape index (κ2) is 10.1. The van der Waals surface area contributed by atoms with Crippen molar-refractivity contribution in [3.8, 4) is 22.3 Å². The fourth-order valence-electron chi connectivity index (χ4n) is 3.46. The van der Waals surface area contributed by atoms with Gasteiger partial charge in [-0.05, 0) is 59.4 Å². The van der Waals surface area contributed by atoms with Gasteiger partial charge in [0.1, 0.15) is 17.5 Å². The van der Waals surface area contributed by atoms with E-state index >= 15 is 0 Å². The van der Waals surface area contributed by atoms with Crippen LogP contribution in [0.1, 0.15) is 37.3 Å². The van der Waals surface area contributed by atoms with Gasteiger partial charge in [-0.15, -0.1) is 0 Å². The average Bonchev–Trinajstić information content (AvgIpc) is 2.72. The molecule has 6 heteroatoms. The molecule has 0 unspecified atom stereocenters. The zero-order valence-electron chi connectivity index (χ0n) is 17.4. The van der Waals surface area contributed by atoms with Crippen LogP contribution < -0.4 is 0 Å². The molecule has 0 spiro atoms. The molecule has 0 saturated carbocycles. The predicted molar refractivity (Wildman–Crippen MR) is 116 cm³/mol. The van der Waals surface area contributed by atoms with Crippen LogP contribution in [0.15, 0.2) is 60.7 Å². The van der Waals surface area contributed by atoms with Crippen molar-refractivity contribution in [1.82, 2.24) is 0 Å². The summed E-state index contributed by atoms with van der Waals surface area (Å²) in [6, 6.07) is 12.9.